The van der Waals surface area contributed by atoms with Gasteiger partial charge in [0.15, 0.2) is 0 Å². The van der Waals surface area contributed by atoms with Gasteiger partial charge in [-0.15, -0.1) is 11.8 Å². The molecule has 0 bridgehead atoms. The maximum absolute atomic E-state index is 12.3. The van der Waals surface area contributed by atoms with Gasteiger partial charge in [0.25, 0.3) is 5.91 Å². The van der Waals surface area contributed by atoms with Crippen LogP contribution in [0.1, 0.15) is 55.8 Å². The summed E-state index contributed by atoms with van der Waals surface area (Å²) in [6, 6.07) is 3.88. The topological polar surface area (TPSA) is 48.5 Å². The highest BCUT2D eigenvalue weighted by Gasteiger charge is 2.15. The second-order valence-electron chi connectivity index (χ2n) is 8.29. The van der Waals surface area contributed by atoms with E-state index in [0.717, 1.165) is 42.8 Å². The second kappa shape index (κ2) is 11.8. The lowest BCUT2D eigenvalue weighted by Gasteiger charge is -2.30. The molecule has 1 aromatic rings. The molecule has 0 saturated carbocycles. The van der Waals surface area contributed by atoms with Crippen molar-refractivity contribution in [1.29, 1.82) is 0 Å². The number of piperidine rings is 2. The van der Waals surface area contributed by atoms with E-state index < -0.39 is 0 Å². The lowest BCUT2D eigenvalue weighted by molar-refractivity contribution is 0.0949. The fourth-order valence-corrected chi connectivity index (χ4v) is 5.01. The Morgan fingerprint density at radius 1 is 1.14 bits per heavy atom. The predicted octanol–water partition coefficient (Wildman–Crippen LogP) is 3.51. The van der Waals surface area contributed by atoms with Crippen LogP contribution in [0.5, 0.6) is 0 Å². The summed E-state index contributed by atoms with van der Waals surface area (Å²) >= 11 is 1.78. The monoisotopic (exact) mass is 404 g/mol. The number of pyridine rings is 1. The van der Waals surface area contributed by atoms with Gasteiger partial charge in [-0.3, -0.25) is 4.79 Å². The van der Waals surface area contributed by atoms with Crippen LogP contribution in [0.3, 0.4) is 0 Å². The number of likely N-dealkylation sites (tertiary alicyclic amines) is 2. The van der Waals surface area contributed by atoms with Crippen LogP contribution in [-0.4, -0.2) is 72.3 Å². The summed E-state index contributed by atoms with van der Waals surface area (Å²) in [5, 5.41) is 4.04. The molecule has 2 aliphatic heterocycles. The molecule has 1 N–H and O–H groups in total. The van der Waals surface area contributed by atoms with Crippen molar-refractivity contribution in [2.24, 2.45) is 5.92 Å². The first-order valence-corrected chi connectivity index (χ1v) is 12.0. The molecule has 2 saturated heterocycles. The molecule has 1 atom stereocenters. The Labute approximate surface area is 174 Å². The van der Waals surface area contributed by atoms with Crippen molar-refractivity contribution in [3.05, 3.63) is 23.9 Å². The van der Waals surface area contributed by atoms with Crippen LogP contribution in [0.2, 0.25) is 0 Å². The minimum atomic E-state index is -0.00983. The van der Waals surface area contributed by atoms with E-state index in [0.29, 0.717) is 5.56 Å². The van der Waals surface area contributed by atoms with Gasteiger partial charge in [0.2, 0.25) is 0 Å². The molecule has 1 aromatic heterocycles. The summed E-state index contributed by atoms with van der Waals surface area (Å²) in [6.45, 7) is 10.2. The largest absolute Gasteiger partial charge is 0.352 e. The molecule has 3 rings (SSSR count). The van der Waals surface area contributed by atoms with E-state index in [1.54, 1.807) is 18.0 Å². The van der Waals surface area contributed by atoms with E-state index in [1.165, 1.54) is 58.3 Å². The molecule has 28 heavy (non-hydrogen) atoms. The van der Waals surface area contributed by atoms with Gasteiger partial charge >= 0.3 is 0 Å². The van der Waals surface area contributed by atoms with Crippen molar-refractivity contribution in [3.8, 4) is 0 Å². The average Bonchev–Trinajstić information content (AvgIpc) is 2.72. The normalized spacial score (nSPS) is 21.5. The number of hydrogen-bond acceptors (Lipinski definition) is 5. The number of carbonyl (C=O) groups is 1. The third-order valence-corrected chi connectivity index (χ3v) is 6.71. The number of nitrogens with one attached hydrogen (secondary N) is 1. The number of hydrogen-bond donors (Lipinski definition) is 1. The van der Waals surface area contributed by atoms with Crippen molar-refractivity contribution in [3.63, 3.8) is 0 Å². The zero-order chi connectivity index (χ0) is 19.6. The fourth-order valence-electron chi connectivity index (χ4n) is 4.16. The van der Waals surface area contributed by atoms with Crippen LogP contribution < -0.4 is 5.32 Å². The molecule has 0 unspecified atom stereocenters. The van der Waals surface area contributed by atoms with Crippen LogP contribution in [0, 0.1) is 5.92 Å². The third kappa shape index (κ3) is 7.37. The van der Waals surface area contributed by atoms with Gasteiger partial charge in [0, 0.05) is 31.6 Å². The number of amides is 1. The van der Waals surface area contributed by atoms with Crippen molar-refractivity contribution in [1.82, 2.24) is 20.1 Å². The number of aromatic nitrogens is 1. The minimum Gasteiger partial charge on any atom is -0.352 e. The van der Waals surface area contributed by atoms with Crippen molar-refractivity contribution < 1.29 is 4.79 Å². The molecular formula is C22H36N4OS. The number of rotatable bonds is 9. The van der Waals surface area contributed by atoms with Gasteiger partial charge < -0.3 is 15.1 Å². The van der Waals surface area contributed by atoms with E-state index in [9.17, 15) is 4.79 Å². The first kappa shape index (κ1) is 21.6. The molecule has 0 spiro atoms. The second-order valence-corrected chi connectivity index (χ2v) is 9.41. The molecule has 0 aliphatic carbocycles. The maximum Gasteiger partial charge on any atom is 0.252 e. The standard InChI is InChI=1S/C22H36N4OS/c1-19-7-5-13-26(18-19)14-6-10-23-22(27)20-8-9-21(24-17-20)28-16-15-25-11-3-2-4-12-25/h8-9,17,19H,2-7,10-16,18H2,1H3,(H,23,27)/t19-/m0/s1. The summed E-state index contributed by atoms with van der Waals surface area (Å²) in [4.78, 5) is 21.8. The van der Waals surface area contributed by atoms with Crippen molar-refractivity contribution in [2.75, 3.05) is 51.6 Å². The van der Waals surface area contributed by atoms with Crippen LogP contribution in [0.4, 0.5) is 0 Å². The summed E-state index contributed by atoms with van der Waals surface area (Å²) in [5.74, 6) is 1.86. The quantitative estimate of drug-likeness (QED) is 0.504. The zero-order valence-electron chi connectivity index (χ0n) is 17.4. The van der Waals surface area contributed by atoms with Crippen LogP contribution in [0.15, 0.2) is 23.4 Å². The maximum atomic E-state index is 12.3. The SMILES string of the molecule is C[C@H]1CCCN(CCCNC(=O)c2ccc(SCCN3CCCCC3)nc2)C1. The van der Waals surface area contributed by atoms with E-state index in [-0.39, 0.29) is 5.91 Å². The van der Waals surface area contributed by atoms with E-state index in [2.05, 4.69) is 27.0 Å². The zero-order valence-corrected chi connectivity index (χ0v) is 18.2. The highest BCUT2D eigenvalue weighted by atomic mass is 32.2. The van der Waals surface area contributed by atoms with Crippen LogP contribution in [-0.2, 0) is 0 Å². The Kier molecular flexibility index (Phi) is 9.09. The average molecular weight is 405 g/mol. The lowest BCUT2D eigenvalue weighted by Crippen LogP contribution is -2.36. The molecule has 0 radical (unpaired) electrons. The predicted molar refractivity (Wildman–Crippen MR) is 117 cm³/mol. The van der Waals surface area contributed by atoms with Crippen molar-refractivity contribution >= 4 is 17.7 Å². The highest BCUT2D eigenvalue weighted by molar-refractivity contribution is 7.99. The van der Waals surface area contributed by atoms with Crippen LogP contribution >= 0.6 is 11.8 Å². The van der Waals surface area contributed by atoms with Gasteiger partial charge in [-0.1, -0.05) is 13.3 Å². The number of thioether (sulfide) groups is 1. The summed E-state index contributed by atoms with van der Waals surface area (Å²) in [5.41, 5.74) is 0.659. The van der Waals surface area contributed by atoms with Gasteiger partial charge in [0.05, 0.1) is 10.6 Å². The lowest BCUT2D eigenvalue weighted by atomic mass is 10.0. The summed E-state index contributed by atoms with van der Waals surface area (Å²) in [6.07, 6.45) is 9.44. The van der Waals surface area contributed by atoms with Gasteiger partial charge in [-0.25, -0.2) is 4.98 Å². The number of carbonyl (C=O) groups excluding carboxylic acids is 1. The van der Waals surface area contributed by atoms with Gasteiger partial charge in [-0.2, -0.15) is 0 Å². The first-order valence-electron chi connectivity index (χ1n) is 11.0. The molecule has 1 amide bonds. The van der Waals surface area contributed by atoms with Gasteiger partial charge in [0.1, 0.15) is 0 Å². The van der Waals surface area contributed by atoms with E-state index in [1.807, 2.05) is 12.1 Å². The minimum absolute atomic E-state index is 0.00983. The Balaban J connectivity index is 1.30. The fraction of sp³-hybridized carbons (Fsp3) is 0.727. The Bertz CT molecular complexity index is 589. The Morgan fingerprint density at radius 2 is 1.96 bits per heavy atom. The summed E-state index contributed by atoms with van der Waals surface area (Å²) < 4.78 is 0. The number of nitrogens with zero attached hydrogens (tertiary/aromatic N) is 3. The Morgan fingerprint density at radius 3 is 2.71 bits per heavy atom. The summed E-state index contributed by atoms with van der Waals surface area (Å²) in [7, 11) is 0. The molecule has 3 heterocycles. The van der Waals surface area contributed by atoms with Crippen molar-refractivity contribution in [2.45, 2.75) is 50.5 Å². The molecule has 6 heteroatoms. The first-order chi connectivity index (χ1) is 13.7. The molecule has 2 fully saturated rings. The smallest absolute Gasteiger partial charge is 0.252 e. The molecule has 0 aromatic carbocycles. The van der Waals surface area contributed by atoms with Crippen LogP contribution in [0.25, 0.3) is 0 Å². The Hall–Kier alpha value is -1.11. The molecule has 5 nitrogen and oxygen atoms in total. The third-order valence-electron chi connectivity index (χ3n) is 5.78. The van der Waals surface area contributed by atoms with E-state index in [4.69, 9.17) is 0 Å². The molecular weight excluding hydrogens is 368 g/mol. The molecule has 156 valence electrons. The van der Waals surface area contributed by atoms with Gasteiger partial charge in [-0.05, 0) is 76.3 Å². The molecule has 2 aliphatic rings. The van der Waals surface area contributed by atoms with E-state index >= 15 is 0 Å². The highest BCUT2D eigenvalue weighted by Crippen LogP contribution is 2.17.